The molecule has 2 unspecified atom stereocenters. The van der Waals surface area contributed by atoms with Crippen LogP contribution in [0.2, 0.25) is 0 Å². The van der Waals surface area contributed by atoms with Crippen molar-refractivity contribution in [2.24, 2.45) is 5.92 Å². The van der Waals surface area contributed by atoms with Gasteiger partial charge in [-0.3, -0.25) is 4.79 Å². The van der Waals surface area contributed by atoms with Crippen molar-refractivity contribution in [3.8, 4) is 0 Å². The summed E-state index contributed by atoms with van der Waals surface area (Å²) in [6.45, 7) is 0.123. The number of carbonyl (C=O) groups is 1. The van der Waals surface area contributed by atoms with Crippen LogP contribution in [0.3, 0.4) is 0 Å². The largest absolute Gasteiger partial charge is 0.396 e. The van der Waals surface area contributed by atoms with Crippen LogP contribution in [0.4, 0.5) is 4.39 Å². The molecule has 1 fully saturated rings. The van der Waals surface area contributed by atoms with Gasteiger partial charge in [0.25, 0.3) is 0 Å². The maximum atomic E-state index is 13.5. The van der Waals surface area contributed by atoms with Crippen LogP contribution in [-0.4, -0.2) is 23.7 Å². The van der Waals surface area contributed by atoms with Crippen molar-refractivity contribution >= 4 is 5.91 Å². The van der Waals surface area contributed by atoms with E-state index in [0.717, 1.165) is 25.7 Å². The second kappa shape index (κ2) is 7.39. The van der Waals surface area contributed by atoms with E-state index >= 15 is 0 Å². The van der Waals surface area contributed by atoms with Crippen molar-refractivity contribution in [2.45, 2.75) is 44.6 Å². The van der Waals surface area contributed by atoms with E-state index in [1.54, 1.807) is 18.2 Å². The van der Waals surface area contributed by atoms with Crippen molar-refractivity contribution in [1.29, 1.82) is 0 Å². The molecule has 2 rings (SSSR count). The maximum absolute atomic E-state index is 13.5. The molecule has 1 aliphatic carbocycles. The fourth-order valence-corrected chi connectivity index (χ4v) is 2.84. The lowest BCUT2D eigenvalue weighted by molar-refractivity contribution is -0.122. The molecule has 0 heterocycles. The first-order valence-corrected chi connectivity index (χ1v) is 7.34. The highest BCUT2D eigenvalue weighted by atomic mass is 19.1. The van der Waals surface area contributed by atoms with Crippen LogP contribution in [0.5, 0.6) is 0 Å². The van der Waals surface area contributed by atoms with Gasteiger partial charge in [-0.15, -0.1) is 0 Å². The van der Waals surface area contributed by atoms with Crippen molar-refractivity contribution in [3.63, 3.8) is 0 Å². The summed E-state index contributed by atoms with van der Waals surface area (Å²) >= 11 is 0. The summed E-state index contributed by atoms with van der Waals surface area (Å²) in [6.07, 6.45) is 4.80. The predicted octanol–water partition coefficient (Wildman–Crippen LogP) is 2.43. The smallest absolute Gasteiger partial charge is 0.220 e. The molecule has 2 N–H and O–H groups in total. The summed E-state index contributed by atoms with van der Waals surface area (Å²) in [6, 6.07) is 6.61. The van der Waals surface area contributed by atoms with Gasteiger partial charge < -0.3 is 10.4 Å². The van der Waals surface area contributed by atoms with Crippen LogP contribution in [0.1, 0.15) is 37.7 Å². The van der Waals surface area contributed by atoms with Gasteiger partial charge in [-0.1, -0.05) is 31.0 Å². The zero-order valence-corrected chi connectivity index (χ0v) is 11.6. The number of halogens is 1. The number of aliphatic hydroxyl groups is 1. The molecule has 4 heteroatoms. The molecular weight excluding hydrogens is 257 g/mol. The maximum Gasteiger partial charge on any atom is 0.220 e. The van der Waals surface area contributed by atoms with Crippen molar-refractivity contribution in [1.82, 2.24) is 5.32 Å². The Balaban J connectivity index is 1.82. The molecule has 20 heavy (non-hydrogen) atoms. The third-order valence-electron chi connectivity index (χ3n) is 4.07. The first-order chi connectivity index (χ1) is 9.70. The minimum absolute atomic E-state index is 0.0568. The van der Waals surface area contributed by atoms with Gasteiger partial charge in [-0.25, -0.2) is 4.39 Å². The fraction of sp³-hybridized carbons (Fsp3) is 0.562. The summed E-state index contributed by atoms with van der Waals surface area (Å²) in [5, 5.41) is 12.3. The van der Waals surface area contributed by atoms with E-state index in [4.69, 9.17) is 0 Å². The summed E-state index contributed by atoms with van der Waals surface area (Å²) in [5.41, 5.74) is 0.574. The van der Waals surface area contributed by atoms with E-state index in [2.05, 4.69) is 5.32 Å². The number of hydrogen-bond donors (Lipinski definition) is 2. The third kappa shape index (κ3) is 4.04. The highest BCUT2D eigenvalue weighted by Gasteiger charge is 2.25. The van der Waals surface area contributed by atoms with Gasteiger partial charge in [0.1, 0.15) is 5.82 Å². The van der Waals surface area contributed by atoms with Crippen LogP contribution in [-0.2, 0) is 11.2 Å². The number of rotatable bonds is 5. The molecule has 3 nitrogen and oxygen atoms in total. The monoisotopic (exact) mass is 279 g/mol. The topological polar surface area (TPSA) is 49.3 Å². The lowest BCUT2D eigenvalue weighted by atomic mass is 9.85. The molecule has 110 valence electrons. The molecule has 0 aliphatic heterocycles. The number of aliphatic hydroxyl groups excluding tert-OH is 1. The van der Waals surface area contributed by atoms with Gasteiger partial charge in [0.2, 0.25) is 5.91 Å². The Morgan fingerprint density at radius 1 is 1.30 bits per heavy atom. The van der Waals surface area contributed by atoms with E-state index in [0.29, 0.717) is 12.0 Å². The number of amides is 1. The Morgan fingerprint density at radius 2 is 2.05 bits per heavy atom. The van der Waals surface area contributed by atoms with Gasteiger partial charge in [-0.2, -0.15) is 0 Å². The minimum Gasteiger partial charge on any atom is -0.396 e. The average molecular weight is 279 g/mol. The van der Waals surface area contributed by atoms with E-state index in [1.165, 1.54) is 6.07 Å². The summed E-state index contributed by atoms with van der Waals surface area (Å²) in [4.78, 5) is 11.9. The van der Waals surface area contributed by atoms with Crippen LogP contribution < -0.4 is 5.32 Å². The normalized spacial score (nSPS) is 22.5. The Labute approximate surface area is 119 Å². The molecule has 0 saturated heterocycles. The zero-order chi connectivity index (χ0) is 14.4. The van der Waals surface area contributed by atoms with Gasteiger partial charge in [0.15, 0.2) is 0 Å². The second-order valence-electron chi connectivity index (χ2n) is 5.49. The van der Waals surface area contributed by atoms with Gasteiger partial charge in [0.05, 0.1) is 0 Å². The van der Waals surface area contributed by atoms with E-state index in [9.17, 15) is 14.3 Å². The Kier molecular flexibility index (Phi) is 5.53. The predicted molar refractivity (Wildman–Crippen MR) is 75.7 cm³/mol. The average Bonchev–Trinajstić information content (AvgIpc) is 2.47. The van der Waals surface area contributed by atoms with E-state index in [-0.39, 0.29) is 36.7 Å². The minimum atomic E-state index is -0.258. The Hall–Kier alpha value is -1.42. The zero-order valence-electron chi connectivity index (χ0n) is 11.6. The number of nitrogens with one attached hydrogen (secondary N) is 1. The second-order valence-corrected chi connectivity index (χ2v) is 5.49. The SMILES string of the molecule is O=C(CCc1ccccc1F)NC1CCCCC1CO. The Bertz CT molecular complexity index is 450. The van der Waals surface area contributed by atoms with Gasteiger partial charge in [0, 0.05) is 25.0 Å². The summed E-state index contributed by atoms with van der Waals surface area (Å²) < 4.78 is 13.5. The third-order valence-corrected chi connectivity index (χ3v) is 4.07. The molecule has 0 bridgehead atoms. The van der Waals surface area contributed by atoms with Crippen LogP contribution in [0.25, 0.3) is 0 Å². The highest BCUT2D eigenvalue weighted by molar-refractivity contribution is 5.76. The lowest BCUT2D eigenvalue weighted by Gasteiger charge is -2.30. The quantitative estimate of drug-likeness (QED) is 0.869. The van der Waals surface area contributed by atoms with Gasteiger partial charge in [-0.05, 0) is 30.9 Å². The molecule has 0 spiro atoms. The fourth-order valence-electron chi connectivity index (χ4n) is 2.84. The molecule has 1 aromatic rings. The van der Waals surface area contributed by atoms with Crippen molar-refractivity contribution in [3.05, 3.63) is 35.6 Å². The summed E-state index contributed by atoms with van der Waals surface area (Å²) in [5.74, 6) is -0.147. The molecule has 0 radical (unpaired) electrons. The van der Waals surface area contributed by atoms with Crippen molar-refractivity contribution in [2.75, 3.05) is 6.61 Å². The molecule has 2 atom stereocenters. The molecule has 1 aromatic carbocycles. The molecular formula is C16H22FNO2. The highest BCUT2D eigenvalue weighted by Crippen LogP contribution is 2.24. The number of hydrogen-bond acceptors (Lipinski definition) is 2. The Morgan fingerprint density at radius 3 is 2.80 bits per heavy atom. The van der Waals surface area contributed by atoms with Crippen LogP contribution in [0.15, 0.2) is 24.3 Å². The lowest BCUT2D eigenvalue weighted by Crippen LogP contribution is -2.43. The summed E-state index contributed by atoms with van der Waals surface area (Å²) in [7, 11) is 0. The molecule has 0 aromatic heterocycles. The van der Waals surface area contributed by atoms with Crippen LogP contribution >= 0.6 is 0 Å². The molecule has 1 saturated carbocycles. The van der Waals surface area contributed by atoms with E-state index in [1.807, 2.05) is 0 Å². The first kappa shape index (κ1) is 15.0. The van der Waals surface area contributed by atoms with Crippen LogP contribution in [0, 0.1) is 11.7 Å². The number of carbonyl (C=O) groups excluding carboxylic acids is 1. The molecule has 1 aliphatic rings. The number of aryl methyl sites for hydroxylation is 1. The number of benzene rings is 1. The molecule has 1 amide bonds. The van der Waals surface area contributed by atoms with Crippen molar-refractivity contribution < 1.29 is 14.3 Å². The van der Waals surface area contributed by atoms with E-state index < -0.39 is 0 Å². The first-order valence-electron chi connectivity index (χ1n) is 7.34. The van der Waals surface area contributed by atoms with Gasteiger partial charge >= 0.3 is 0 Å². The standard InChI is InChI=1S/C16H22FNO2/c17-14-7-3-1-5-12(14)9-10-16(20)18-15-8-4-2-6-13(15)11-19/h1,3,5,7,13,15,19H,2,4,6,8-11H2,(H,18,20).